The summed E-state index contributed by atoms with van der Waals surface area (Å²) in [6.45, 7) is 0.150. The van der Waals surface area contributed by atoms with Crippen LogP contribution in [-0.2, 0) is 20.1 Å². The number of carbonyl (C=O) groups excluding carboxylic acids is 2. The van der Waals surface area contributed by atoms with E-state index < -0.39 is 17.5 Å². The molecule has 5 rings (SSSR count). The van der Waals surface area contributed by atoms with Crippen molar-refractivity contribution in [3.8, 4) is 11.5 Å². The molecule has 3 heterocycles. The van der Waals surface area contributed by atoms with E-state index in [9.17, 15) is 9.59 Å². The maximum absolute atomic E-state index is 13.0. The van der Waals surface area contributed by atoms with E-state index in [0.717, 1.165) is 0 Å². The number of Topliss-reactive ketones (excluding diaryl/α,β-unsaturated/α-hetero) is 1. The van der Waals surface area contributed by atoms with Crippen molar-refractivity contribution in [2.75, 3.05) is 6.79 Å². The number of esters is 1. The Morgan fingerprint density at radius 1 is 0.958 bits per heavy atom. The lowest BCUT2D eigenvalue weighted by Gasteiger charge is -2.20. The highest BCUT2D eigenvalue weighted by Crippen LogP contribution is 2.46. The second kappa shape index (κ2) is 4.38. The Bertz CT molecular complexity index is 944. The highest BCUT2D eigenvalue weighted by atomic mass is 16.7. The maximum Gasteiger partial charge on any atom is 0.347 e. The van der Waals surface area contributed by atoms with Crippen molar-refractivity contribution in [1.29, 1.82) is 0 Å². The fourth-order valence-electron chi connectivity index (χ4n) is 3.13. The number of benzene rings is 2. The summed E-state index contributed by atoms with van der Waals surface area (Å²) in [7, 11) is 0. The molecule has 6 heteroatoms. The Kier molecular flexibility index (Phi) is 2.41. The van der Waals surface area contributed by atoms with Gasteiger partial charge in [0, 0.05) is 0 Å². The Morgan fingerprint density at radius 3 is 2.71 bits per heavy atom. The van der Waals surface area contributed by atoms with Crippen molar-refractivity contribution in [2.45, 2.75) is 5.79 Å². The van der Waals surface area contributed by atoms with Gasteiger partial charge < -0.3 is 18.9 Å². The third-order valence-electron chi connectivity index (χ3n) is 4.31. The van der Waals surface area contributed by atoms with Crippen LogP contribution < -0.4 is 9.47 Å². The Morgan fingerprint density at radius 2 is 1.79 bits per heavy atom. The van der Waals surface area contributed by atoms with Gasteiger partial charge in [-0.25, -0.2) is 4.79 Å². The first-order valence-corrected chi connectivity index (χ1v) is 7.35. The molecule has 0 aliphatic carbocycles. The van der Waals surface area contributed by atoms with Gasteiger partial charge in [0.2, 0.25) is 6.79 Å². The first-order valence-electron chi connectivity index (χ1n) is 7.35. The van der Waals surface area contributed by atoms with Crippen molar-refractivity contribution in [3.05, 3.63) is 65.4 Å². The van der Waals surface area contributed by atoms with Crippen LogP contribution in [0.3, 0.4) is 0 Å². The molecule has 0 bridgehead atoms. The van der Waals surface area contributed by atoms with Crippen LogP contribution in [-0.4, -0.2) is 18.5 Å². The smallest absolute Gasteiger partial charge is 0.347 e. The van der Waals surface area contributed by atoms with E-state index in [1.54, 1.807) is 42.5 Å². The Balaban J connectivity index is 1.57. The van der Waals surface area contributed by atoms with E-state index in [2.05, 4.69) is 0 Å². The number of ether oxygens (including phenoxy) is 4. The van der Waals surface area contributed by atoms with Crippen molar-refractivity contribution in [3.63, 3.8) is 0 Å². The largest absolute Gasteiger partial charge is 0.454 e. The highest BCUT2D eigenvalue weighted by molar-refractivity contribution is 6.27. The molecule has 0 saturated carbocycles. The average Bonchev–Trinajstić information content (AvgIpc) is 3.27. The standard InChI is InChI=1S/C18H10O6/c19-16-12(10-5-6-14-15(7-10)22-9-21-14)8-23-18(16)13-4-2-1-3-11(13)17(20)24-18/h1-8H,9H2. The van der Waals surface area contributed by atoms with Gasteiger partial charge in [-0.3, -0.25) is 4.79 Å². The summed E-state index contributed by atoms with van der Waals surface area (Å²) >= 11 is 0. The normalized spacial score (nSPS) is 23.1. The lowest BCUT2D eigenvalue weighted by Crippen LogP contribution is -2.34. The molecule has 2 aromatic rings. The molecule has 1 atom stereocenters. The van der Waals surface area contributed by atoms with Crippen LogP contribution in [0.5, 0.6) is 11.5 Å². The molecule has 2 aromatic carbocycles. The maximum atomic E-state index is 13.0. The van der Waals surface area contributed by atoms with Gasteiger partial charge in [-0.2, -0.15) is 0 Å². The second-order valence-corrected chi connectivity index (χ2v) is 5.60. The van der Waals surface area contributed by atoms with E-state index in [1.807, 2.05) is 0 Å². The molecule has 0 saturated heterocycles. The van der Waals surface area contributed by atoms with Crippen molar-refractivity contribution < 1.29 is 28.5 Å². The first kappa shape index (κ1) is 13.2. The summed E-state index contributed by atoms with van der Waals surface area (Å²) in [5.74, 6) is -1.53. The van der Waals surface area contributed by atoms with Crippen LogP contribution in [0.4, 0.5) is 0 Å². The summed E-state index contributed by atoms with van der Waals surface area (Å²) in [6.07, 6.45) is 1.33. The molecule has 3 aliphatic heterocycles. The van der Waals surface area contributed by atoms with Crippen LogP contribution >= 0.6 is 0 Å². The van der Waals surface area contributed by atoms with Gasteiger partial charge in [-0.15, -0.1) is 0 Å². The summed E-state index contributed by atoms with van der Waals surface area (Å²) in [5.41, 5.74) is 1.69. The summed E-state index contributed by atoms with van der Waals surface area (Å²) < 4.78 is 21.5. The molecule has 1 unspecified atom stereocenters. The number of ketones is 1. The Hall–Kier alpha value is -3.28. The third-order valence-corrected chi connectivity index (χ3v) is 4.31. The third kappa shape index (κ3) is 1.54. The van der Waals surface area contributed by atoms with Gasteiger partial charge in [-0.05, 0) is 29.8 Å². The minimum atomic E-state index is -1.72. The van der Waals surface area contributed by atoms with Gasteiger partial charge >= 0.3 is 11.8 Å². The molecule has 0 radical (unpaired) electrons. The number of hydrogen-bond donors (Lipinski definition) is 0. The zero-order chi connectivity index (χ0) is 16.3. The van der Waals surface area contributed by atoms with Crippen LogP contribution in [0.1, 0.15) is 21.5 Å². The van der Waals surface area contributed by atoms with E-state index in [1.165, 1.54) is 6.26 Å². The number of fused-ring (bicyclic) bond motifs is 3. The quantitative estimate of drug-likeness (QED) is 0.751. The molecular formula is C18H10O6. The van der Waals surface area contributed by atoms with Gasteiger partial charge in [0.05, 0.1) is 16.7 Å². The van der Waals surface area contributed by atoms with Crippen molar-refractivity contribution in [2.24, 2.45) is 0 Å². The minimum Gasteiger partial charge on any atom is -0.454 e. The van der Waals surface area contributed by atoms with Gasteiger partial charge in [0.1, 0.15) is 6.26 Å². The monoisotopic (exact) mass is 322 g/mol. The lowest BCUT2D eigenvalue weighted by molar-refractivity contribution is -0.173. The number of carbonyl (C=O) groups is 2. The predicted molar refractivity (Wildman–Crippen MR) is 80.2 cm³/mol. The molecule has 1 spiro atoms. The van der Waals surface area contributed by atoms with Crippen molar-refractivity contribution in [1.82, 2.24) is 0 Å². The lowest BCUT2D eigenvalue weighted by atomic mass is 9.93. The van der Waals surface area contributed by atoms with E-state index >= 15 is 0 Å². The molecule has 0 fully saturated rings. The van der Waals surface area contributed by atoms with Gasteiger partial charge in [0.15, 0.2) is 11.5 Å². The van der Waals surface area contributed by atoms with E-state index in [0.29, 0.717) is 33.8 Å². The molecular weight excluding hydrogens is 312 g/mol. The second-order valence-electron chi connectivity index (χ2n) is 5.60. The fraction of sp³-hybridized carbons (Fsp3) is 0.111. The van der Waals surface area contributed by atoms with Crippen LogP contribution in [0.2, 0.25) is 0 Å². The summed E-state index contributed by atoms with van der Waals surface area (Å²) in [6, 6.07) is 11.9. The minimum absolute atomic E-state index is 0.150. The first-order chi connectivity index (χ1) is 11.7. The van der Waals surface area contributed by atoms with E-state index in [4.69, 9.17) is 18.9 Å². The molecule has 3 aliphatic rings. The molecule has 6 nitrogen and oxygen atoms in total. The van der Waals surface area contributed by atoms with Gasteiger partial charge in [0.25, 0.3) is 5.78 Å². The SMILES string of the molecule is O=C1OC2(OC=C(c3ccc4c(c3)OCO4)C2=O)c2ccccc21. The number of rotatable bonds is 1. The molecule has 0 N–H and O–H groups in total. The van der Waals surface area contributed by atoms with Gasteiger partial charge in [-0.1, -0.05) is 18.2 Å². The van der Waals surface area contributed by atoms with Crippen LogP contribution in [0, 0.1) is 0 Å². The van der Waals surface area contributed by atoms with Crippen LogP contribution in [0.25, 0.3) is 5.57 Å². The predicted octanol–water partition coefficient (Wildman–Crippen LogP) is 2.38. The zero-order valence-electron chi connectivity index (χ0n) is 12.3. The topological polar surface area (TPSA) is 71.1 Å². The highest BCUT2D eigenvalue weighted by Gasteiger charge is 2.57. The molecule has 0 amide bonds. The summed E-state index contributed by atoms with van der Waals surface area (Å²) in [4.78, 5) is 25.1. The summed E-state index contributed by atoms with van der Waals surface area (Å²) in [5, 5.41) is 0. The molecule has 0 aromatic heterocycles. The number of hydrogen-bond acceptors (Lipinski definition) is 6. The van der Waals surface area contributed by atoms with E-state index in [-0.39, 0.29) is 6.79 Å². The van der Waals surface area contributed by atoms with Crippen LogP contribution in [0.15, 0.2) is 48.7 Å². The average molecular weight is 322 g/mol. The molecule has 24 heavy (non-hydrogen) atoms. The molecule has 118 valence electrons. The Labute approximate surface area is 136 Å². The fourth-order valence-corrected chi connectivity index (χ4v) is 3.13. The zero-order valence-corrected chi connectivity index (χ0v) is 12.3. The van der Waals surface area contributed by atoms with Crippen molar-refractivity contribution >= 4 is 17.3 Å².